The number of hydrogen-bond donors (Lipinski definition) is 1. The van der Waals surface area contributed by atoms with E-state index in [1.165, 1.54) is 30.5 Å². The lowest BCUT2D eigenvalue weighted by Gasteiger charge is -2.11. The second-order valence-corrected chi connectivity index (χ2v) is 7.32. The van der Waals surface area contributed by atoms with Gasteiger partial charge >= 0.3 is 0 Å². The minimum absolute atomic E-state index is 0.00383. The number of rotatable bonds is 8. The topological polar surface area (TPSA) is 133 Å². The Bertz CT molecular complexity index is 1120. The van der Waals surface area contributed by atoms with Crippen LogP contribution in [0.2, 0.25) is 5.02 Å². The largest absolute Gasteiger partial charge is 0.486 e. The van der Waals surface area contributed by atoms with E-state index in [4.69, 9.17) is 16.3 Å². The summed E-state index contributed by atoms with van der Waals surface area (Å²) >= 11 is 9.71. The number of hydrazone groups is 1. The van der Waals surface area contributed by atoms with Gasteiger partial charge in [-0.15, -0.1) is 0 Å². The number of nitro benzene ring substituents is 1. The van der Waals surface area contributed by atoms with Crippen molar-refractivity contribution >= 4 is 50.9 Å². The molecule has 1 N–H and O–H groups in total. The van der Waals surface area contributed by atoms with Gasteiger partial charge in [0.1, 0.15) is 18.6 Å². The van der Waals surface area contributed by atoms with E-state index in [-0.39, 0.29) is 18.0 Å². The Kier molecular flexibility index (Phi) is 7.11. The summed E-state index contributed by atoms with van der Waals surface area (Å²) in [5.74, 6) is 0.761. The molecule has 0 spiro atoms. The molecule has 158 valence electrons. The van der Waals surface area contributed by atoms with Gasteiger partial charge in [-0.2, -0.15) is 5.10 Å². The molecule has 3 aromatic rings. The number of hydrogen-bond acceptors (Lipinski definition) is 8. The first kappa shape index (κ1) is 22.1. The Morgan fingerprint density at radius 3 is 2.35 bits per heavy atom. The predicted molar refractivity (Wildman–Crippen MR) is 119 cm³/mol. The molecule has 0 amide bonds. The van der Waals surface area contributed by atoms with Gasteiger partial charge in [-0.3, -0.25) is 25.7 Å². The number of benzene rings is 2. The smallest absolute Gasteiger partial charge is 0.287 e. The van der Waals surface area contributed by atoms with Crippen molar-refractivity contribution in [3.8, 4) is 5.75 Å². The van der Waals surface area contributed by atoms with E-state index in [1.807, 2.05) is 0 Å². The first-order chi connectivity index (χ1) is 14.8. The van der Waals surface area contributed by atoms with E-state index in [9.17, 15) is 20.2 Å². The summed E-state index contributed by atoms with van der Waals surface area (Å²) in [5.41, 5.74) is 3.97. The molecular weight excluding hydrogens is 494 g/mol. The molecule has 3 rings (SSSR count). The number of non-ortho nitro benzene ring substituents is 1. The van der Waals surface area contributed by atoms with Gasteiger partial charge in [0.25, 0.3) is 11.4 Å². The first-order valence-corrected chi connectivity index (χ1v) is 9.75. The summed E-state index contributed by atoms with van der Waals surface area (Å²) < 4.78 is 6.33. The van der Waals surface area contributed by atoms with E-state index in [0.717, 1.165) is 11.8 Å². The third-order valence-electron chi connectivity index (χ3n) is 3.90. The van der Waals surface area contributed by atoms with Gasteiger partial charge < -0.3 is 4.74 Å². The number of anilines is 1. The average Bonchev–Trinajstić information content (AvgIpc) is 2.74. The molecule has 1 heterocycles. The monoisotopic (exact) mass is 505 g/mol. The first-order valence-electron chi connectivity index (χ1n) is 8.58. The molecule has 0 saturated heterocycles. The van der Waals surface area contributed by atoms with Crippen molar-refractivity contribution in [3.63, 3.8) is 0 Å². The minimum Gasteiger partial charge on any atom is -0.486 e. The number of ether oxygens (including phenoxy) is 1. The van der Waals surface area contributed by atoms with E-state index in [1.54, 1.807) is 24.3 Å². The Labute approximate surface area is 189 Å². The van der Waals surface area contributed by atoms with Crippen LogP contribution in [0.1, 0.15) is 11.1 Å². The van der Waals surface area contributed by atoms with Crippen molar-refractivity contribution in [2.75, 3.05) is 5.43 Å². The lowest BCUT2D eigenvalue weighted by molar-refractivity contribution is -0.385. The molecule has 0 bridgehead atoms. The number of pyridine rings is 1. The lowest BCUT2D eigenvalue weighted by Crippen LogP contribution is -1.99. The SMILES string of the molecule is O=[N+]([O-])c1ccc(COc2c(Cl)cc(/C=N\Nc3ccc([N+](=O)[O-])cn3)cc2Br)cc1. The summed E-state index contributed by atoms with van der Waals surface area (Å²) in [6.45, 7) is 0.178. The number of nitro groups is 2. The van der Waals surface area contributed by atoms with Crippen molar-refractivity contribution in [1.82, 2.24) is 4.98 Å². The van der Waals surface area contributed by atoms with E-state index < -0.39 is 9.85 Å². The van der Waals surface area contributed by atoms with Crippen molar-refractivity contribution in [3.05, 3.63) is 95.6 Å². The maximum atomic E-state index is 10.7. The van der Waals surface area contributed by atoms with Crippen LogP contribution in [-0.2, 0) is 6.61 Å². The Balaban J connectivity index is 1.63. The van der Waals surface area contributed by atoms with Gasteiger partial charge in [-0.1, -0.05) is 11.6 Å². The fourth-order valence-electron chi connectivity index (χ4n) is 2.39. The molecule has 2 aromatic carbocycles. The van der Waals surface area contributed by atoms with Crippen LogP contribution in [-0.4, -0.2) is 21.0 Å². The van der Waals surface area contributed by atoms with Crippen LogP contribution in [0.15, 0.2) is 64.3 Å². The van der Waals surface area contributed by atoms with Crippen molar-refractivity contribution in [1.29, 1.82) is 0 Å². The van der Waals surface area contributed by atoms with Gasteiger partial charge in [0.05, 0.1) is 25.6 Å². The molecule has 0 aliphatic heterocycles. The van der Waals surface area contributed by atoms with Gasteiger partial charge in [0.2, 0.25) is 0 Å². The van der Waals surface area contributed by atoms with E-state index in [0.29, 0.717) is 26.6 Å². The lowest BCUT2D eigenvalue weighted by atomic mass is 10.2. The molecule has 0 aliphatic carbocycles. The summed E-state index contributed by atoms with van der Waals surface area (Å²) in [7, 11) is 0. The standard InChI is InChI=1S/C19H13BrClN5O5/c20-16-7-13(9-23-24-18-6-5-15(10-22-18)26(29)30)8-17(21)19(16)31-11-12-1-3-14(4-2-12)25(27)28/h1-10H,11H2,(H,22,24)/b23-9-. The van der Waals surface area contributed by atoms with E-state index >= 15 is 0 Å². The van der Waals surface area contributed by atoms with Crippen LogP contribution >= 0.6 is 27.5 Å². The fourth-order valence-corrected chi connectivity index (χ4v) is 3.38. The molecule has 0 aliphatic rings. The summed E-state index contributed by atoms with van der Waals surface area (Å²) in [6.07, 6.45) is 2.63. The van der Waals surface area contributed by atoms with Gasteiger partial charge in [-0.25, -0.2) is 4.98 Å². The third kappa shape index (κ3) is 5.96. The normalized spacial score (nSPS) is 10.8. The Morgan fingerprint density at radius 2 is 1.77 bits per heavy atom. The molecular formula is C19H13BrClN5O5. The third-order valence-corrected chi connectivity index (χ3v) is 4.77. The zero-order valence-electron chi connectivity index (χ0n) is 15.6. The molecule has 0 radical (unpaired) electrons. The number of nitrogens with one attached hydrogen (secondary N) is 1. The molecule has 0 unspecified atom stereocenters. The molecule has 10 nitrogen and oxygen atoms in total. The van der Waals surface area contributed by atoms with Gasteiger partial charge in [-0.05, 0) is 57.4 Å². The van der Waals surface area contributed by atoms with Crippen LogP contribution in [0, 0.1) is 20.2 Å². The summed E-state index contributed by atoms with van der Waals surface area (Å²) in [6, 6.07) is 12.2. The summed E-state index contributed by atoms with van der Waals surface area (Å²) in [4.78, 5) is 24.2. The summed E-state index contributed by atoms with van der Waals surface area (Å²) in [5, 5.41) is 25.7. The van der Waals surface area contributed by atoms with Crippen LogP contribution in [0.25, 0.3) is 0 Å². The molecule has 12 heteroatoms. The molecule has 0 saturated carbocycles. The number of aromatic nitrogens is 1. The number of nitrogens with zero attached hydrogens (tertiary/aromatic N) is 4. The van der Waals surface area contributed by atoms with Gasteiger partial charge in [0, 0.05) is 18.2 Å². The number of halogens is 2. The highest BCUT2D eigenvalue weighted by Gasteiger charge is 2.10. The zero-order valence-corrected chi connectivity index (χ0v) is 17.9. The average molecular weight is 507 g/mol. The molecule has 1 aromatic heterocycles. The van der Waals surface area contributed by atoms with Gasteiger partial charge in [0.15, 0.2) is 5.75 Å². The quantitative estimate of drug-likeness (QED) is 0.248. The van der Waals surface area contributed by atoms with Crippen LogP contribution in [0.3, 0.4) is 0 Å². The van der Waals surface area contributed by atoms with Crippen molar-refractivity contribution in [2.45, 2.75) is 6.61 Å². The maximum Gasteiger partial charge on any atom is 0.287 e. The fraction of sp³-hybridized carbons (Fsp3) is 0.0526. The second-order valence-electron chi connectivity index (χ2n) is 6.05. The molecule has 31 heavy (non-hydrogen) atoms. The van der Waals surface area contributed by atoms with Crippen molar-refractivity contribution in [2.24, 2.45) is 5.10 Å². The molecule has 0 fully saturated rings. The Morgan fingerprint density at radius 1 is 1.10 bits per heavy atom. The van der Waals surface area contributed by atoms with Crippen molar-refractivity contribution < 1.29 is 14.6 Å². The highest BCUT2D eigenvalue weighted by atomic mass is 79.9. The van der Waals surface area contributed by atoms with Crippen LogP contribution in [0.4, 0.5) is 17.2 Å². The second kappa shape index (κ2) is 9.96. The van der Waals surface area contributed by atoms with E-state index in [2.05, 4.69) is 31.4 Å². The van der Waals surface area contributed by atoms with Crippen LogP contribution in [0.5, 0.6) is 5.75 Å². The zero-order chi connectivity index (χ0) is 22.4. The minimum atomic E-state index is -0.537. The van der Waals surface area contributed by atoms with Crippen LogP contribution < -0.4 is 10.2 Å². The highest BCUT2D eigenvalue weighted by molar-refractivity contribution is 9.10. The Hall–Kier alpha value is -3.57. The predicted octanol–water partition coefficient (Wildman–Crippen LogP) is 5.34. The molecule has 0 atom stereocenters. The maximum absolute atomic E-state index is 10.7. The highest BCUT2D eigenvalue weighted by Crippen LogP contribution is 2.34.